The fourth-order valence-electron chi connectivity index (χ4n) is 4.18. The number of halogens is 1. The molecule has 1 fully saturated rings. The van der Waals surface area contributed by atoms with Crippen molar-refractivity contribution in [3.8, 4) is 5.75 Å². The number of likely N-dealkylation sites (tertiary alicyclic amines) is 1. The standard InChI is InChI=1S/C24H24FNO4/c25-19-5-1-17(2-6-19)9-12-26-13-10-24(11-14-26)16-21(27)20-15-18(4-8-23(28)29)3-7-22(20)30-24/h1-8,15H,9-14,16H2,(H,28,29). The van der Waals surface area contributed by atoms with E-state index < -0.39 is 11.6 Å². The first-order valence-electron chi connectivity index (χ1n) is 10.2. The van der Waals surface area contributed by atoms with Crippen LogP contribution in [0, 0.1) is 5.82 Å². The summed E-state index contributed by atoms with van der Waals surface area (Å²) in [6.07, 6.45) is 5.30. The van der Waals surface area contributed by atoms with E-state index in [-0.39, 0.29) is 11.6 Å². The van der Waals surface area contributed by atoms with Crippen molar-refractivity contribution >= 4 is 17.8 Å². The van der Waals surface area contributed by atoms with Crippen LogP contribution in [0.15, 0.2) is 48.5 Å². The van der Waals surface area contributed by atoms with Crippen molar-refractivity contribution < 1.29 is 23.8 Å². The van der Waals surface area contributed by atoms with Gasteiger partial charge >= 0.3 is 5.97 Å². The molecule has 156 valence electrons. The number of piperidine rings is 1. The molecule has 4 rings (SSSR count). The summed E-state index contributed by atoms with van der Waals surface area (Å²) < 4.78 is 19.3. The molecule has 2 aliphatic heterocycles. The van der Waals surface area contributed by atoms with Crippen LogP contribution in [-0.2, 0) is 11.2 Å². The fourth-order valence-corrected chi connectivity index (χ4v) is 4.18. The van der Waals surface area contributed by atoms with Crippen LogP contribution in [0.3, 0.4) is 0 Å². The first-order chi connectivity index (χ1) is 14.4. The van der Waals surface area contributed by atoms with Crippen LogP contribution >= 0.6 is 0 Å². The Balaban J connectivity index is 1.37. The second kappa shape index (κ2) is 8.40. The Kier molecular flexibility index (Phi) is 5.68. The summed E-state index contributed by atoms with van der Waals surface area (Å²) in [5, 5.41) is 8.77. The highest BCUT2D eigenvalue weighted by atomic mass is 19.1. The molecule has 1 spiro atoms. The molecular formula is C24H24FNO4. The number of benzene rings is 2. The molecule has 0 bridgehead atoms. The van der Waals surface area contributed by atoms with Crippen molar-refractivity contribution in [2.45, 2.75) is 31.3 Å². The number of rotatable bonds is 5. The molecule has 2 aromatic carbocycles. The lowest BCUT2D eigenvalue weighted by atomic mass is 9.82. The van der Waals surface area contributed by atoms with Crippen LogP contribution in [0.1, 0.15) is 40.7 Å². The number of ketones is 1. The number of aliphatic carboxylic acids is 1. The van der Waals surface area contributed by atoms with Crippen molar-refractivity contribution in [2.75, 3.05) is 19.6 Å². The van der Waals surface area contributed by atoms with Crippen molar-refractivity contribution in [3.05, 3.63) is 71.0 Å². The van der Waals surface area contributed by atoms with Crippen molar-refractivity contribution in [3.63, 3.8) is 0 Å². The van der Waals surface area contributed by atoms with E-state index in [1.807, 2.05) is 12.1 Å². The second-order valence-corrected chi connectivity index (χ2v) is 8.03. The molecule has 0 saturated carbocycles. The number of fused-ring (bicyclic) bond motifs is 1. The summed E-state index contributed by atoms with van der Waals surface area (Å²) in [5.41, 5.74) is 1.84. The molecule has 5 nitrogen and oxygen atoms in total. The Bertz CT molecular complexity index is 975. The van der Waals surface area contributed by atoms with Crippen LogP contribution in [0.2, 0.25) is 0 Å². The van der Waals surface area contributed by atoms with Crippen LogP contribution in [0.4, 0.5) is 4.39 Å². The molecule has 6 heteroatoms. The van der Waals surface area contributed by atoms with E-state index in [9.17, 15) is 14.0 Å². The minimum atomic E-state index is -1.03. The highest BCUT2D eigenvalue weighted by Crippen LogP contribution is 2.39. The Morgan fingerprint density at radius 3 is 2.60 bits per heavy atom. The zero-order chi connectivity index (χ0) is 21.1. The van der Waals surface area contributed by atoms with Gasteiger partial charge in [-0.2, -0.15) is 0 Å². The fraction of sp³-hybridized carbons (Fsp3) is 0.333. The largest absolute Gasteiger partial charge is 0.486 e. The lowest BCUT2D eigenvalue weighted by Gasteiger charge is -2.44. The summed E-state index contributed by atoms with van der Waals surface area (Å²) in [5.74, 6) is -0.622. The summed E-state index contributed by atoms with van der Waals surface area (Å²) in [6.45, 7) is 2.60. The summed E-state index contributed by atoms with van der Waals surface area (Å²) in [6, 6.07) is 11.8. The minimum Gasteiger partial charge on any atom is -0.486 e. The monoisotopic (exact) mass is 409 g/mol. The van der Waals surface area contributed by atoms with Crippen LogP contribution < -0.4 is 4.74 Å². The van der Waals surface area contributed by atoms with Gasteiger partial charge in [0.05, 0.1) is 12.0 Å². The number of carbonyl (C=O) groups is 2. The molecule has 0 aromatic heterocycles. The molecule has 2 aliphatic rings. The number of ether oxygens (including phenoxy) is 1. The quantitative estimate of drug-likeness (QED) is 0.757. The highest BCUT2D eigenvalue weighted by Gasteiger charge is 2.42. The number of carbonyl (C=O) groups excluding carboxylic acids is 1. The van der Waals surface area contributed by atoms with E-state index in [1.165, 1.54) is 18.2 Å². The van der Waals surface area contributed by atoms with Gasteiger partial charge in [-0.15, -0.1) is 0 Å². The molecule has 2 heterocycles. The Morgan fingerprint density at radius 1 is 1.17 bits per heavy atom. The van der Waals surface area contributed by atoms with E-state index in [0.717, 1.165) is 50.5 Å². The predicted molar refractivity (Wildman–Crippen MR) is 111 cm³/mol. The topological polar surface area (TPSA) is 66.8 Å². The van der Waals surface area contributed by atoms with Crippen molar-refractivity contribution in [1.29, 1.82) is 0 Å². The van der Waals surface area contributed by atoms with Gasteiger partial charge in [0.1, 0.15) is 17.2 Å². The lowest BCUT2D eigenvalue weighted by Crippen LogP contribution is -2.51. The maximum absolute atomic E-state index is 13.0. The van der Waals surface area contributed by atoms with E-state index in [2.05, 4.69) is 4.90 Å². The third kappa shape index (κ3) is 4.60. The molecule has 0 aliphatic carbocycles. The molecule has 1 saturated heterocycles. The van der Waals surface area contributed by atoms with E-state index in [0.29, 0.717) is 23.3 Å². The maximum Gasteiger partial charge on any atom is 0.328 e. The third-order valence-corrected chi connectivity index (χ3v) is 5.93. The van der Waals surface area contributed by atoms with Gasteiger partial charge < -0.3 is 14.7 Å². The number of nitrogens with zero attached hydrogens (tertiary/aromatic N) is 1. The van der Waals surface area contributed by atoms with Crippen LogP contribution in [-0.4, -0.2) is 47.0 Å². The minimum absolute atomic E-state index is 0.0431. The Morgan fingerprint density at radius 2 is 1.90 bits per heavy atom. The van der Waals surface area contributed by atoms with E-state index in [4.69, 9.17) is 9.84 Å². The number of hydrogen-bond donors (Lipinski definition) is 1. The van der Waals surface area contributed by atoms with Gasteiger partial charge in [0.2, 0.25) is 0 Å². The van der Waals surface area contributed by atoms with Gasteiger partial charge in [0.25, 0.3) is 0 Å². The smallest absolute Gasteiger partial charge is 0.328 e. The molecule has 0 amide bonds. The van der Waals surface area contributed by atoms with Gasteiger partial charge in [-0.1, -0.05) is 18.2 Å². The maximum atomic E-state index is 13.0. The molecule has 30 heavy (non-hydrogen) atoms. The van der Waals surface area contributed by atoms with Crippen LogP contribution in [0.25, 0.3) is 6.08 Å². The molecule has 1 N–H and O–H groups in total. The van der Waals surface area contributed by atoms with Gasteiger partial charge in [0.15, 0.2) is 5.78 Å². The molecule has 0 radical (unpaired) electrons. The van der Waals surface area contributed by atoms with Gasteiger partial charge in [-0.25, -0.2) is 9.18 Å². The molecule has 0 unspecified atom stereocenters. The Hall–Kier alpha value is -2.99. The average molecular weight is 409 g/mol. The number of carboxylic acid groups (broad SMARTS) is 1. The summed E-state index contributed by atoms with van der Waals surface area (Å²) in [4.78, 5) is 25.9. The number of hydrogen-bond acceptors (Lipinski definition) is 4. The molecule has 2 aromatic rings. The van der Waals surface area contributed by atoms with Gasteiger partial charge in [-0.05, 0) is 47.9 Å². The average Bonchev–Trinajstić information content (AvgIpc) is 2.73. The van der Waals surface area contributed by atoms with E-state index >= 15 is 0 Å². The highest BCUT2D eigenvalue weighted by molar-refractivity contribution is 6.01. The van der Waals surface area contributed by atoms with Crippen LogP contribution in [0.5, 0.6) is 5.75 Å². The molecular weight excluding hydrogens is 385 g/mol. The number of Topliss-reactive ketones (excluding diaryl/α,β-unsaturated/α-hetero) is 1. The zero-order valence-corrected chi connectivity index (χ0v) is 16.6. The second-order valence-electron chi connectivity index (χ2n) is 8.03. The van der Waals surface area contributed by atoms with Crippen molar-refractivity contribution in [2.24, 2.45) is 0 Å². The summed E-state index contributed by atoms with van der Waals surface area (Å²) >= 11 is 0. The first kappa shape index (κ1) is 20.3. The normalized spacial score (nSPS) is 18.4. The van der Waals surface area contributed by atoms with Crippen molar-refractivity contribution in [1.82, 2.24) is 4.90 Å². The lowest BCUT2D eigenvalue weighted by molar-refractivity contribution is -0.131. The SMILES string of the molecule is O=C(O)C=Cc1ccc2c(c1)C(=O)CC1(CCN(CCc3ccc(F)cc3)CC1)O2. The Labute approximate surface area is 174 Å². The van der Waals surface area contributed by atoms with Gasteiger partial charge in [0, 0.05) is 38.6 Å². The molecule has 0 atom stereocenters. The first-order valence-corrected chi connectivity index (χ1v) is 10.2. The number of carboxylic acids is 1. The van der Waals surface area contributed by atoms with Gasteiger partial charge in [-0.3, -0.25) is 4.79 Å². The predicted octanol–water partition coefficient (Wildman–Crippen LogP) is 3.97. The summed E-state index contributed by atoms with van der Waals surface area (Å²) in [7, 11) is 0. The van der Waals surface area contributed by atoms with E-state index in [1.54, 1.807) is 18.2 Å². The zero-order valence-electron chi connectivity index (χ0n) is 16.6. The third-order valence-electron chi connectivity index (χ3n) is 5.93.